The molecule has 2 aliphatic rings. The molecule has 0 aromatic carbocycles. The average molecular weight is 403 g/mol. The fraction of sp³-hybridized carbons (Fsp3) is 0.600. The van der Waals surface area contributed by atoms with E-state index in [2.05, 4.69) is 21.9 Å². The third-order valence-electron chi connectivity index (χ3n) is 5.42. The molecule has 0 radical (unpaired) electrons. The molecule has 0 spiro atoms. The molecule has 0 saturated carbocycles. The van der Waals surface area contributed by atoms with Crippen molar-refractivity contribution in [2.75, 3.05) is 39.4 Å². The number of nitrogens with zero attached hydrogens (tertiary/aromatic N) is 5. The lowest BCUT2D eigenvalue weighted by Crippen LogP contribution is -2.39. The quantitative estimate of drug-likeness (QED) is 0.767. The highest BCUT2D eigenvalue weighted by Gasteiger charge is 2.29. The van der Waals surface area contributed by atoms with Crippen molar-refractivity contribution < 1.29 is 19.4 Å². The number of fused-ring (bicyclic) bond motifs is 1. The van der Waals surface area contributed by atoms with Gasteiger partial charge >= 0.3 is 0 Å². The van der Waals surface area contributed by atoms with Crippen LogP contribution in [0.1, 0.15) is 29.8 Å². The highest BCUT2D eigenvalue weighted by Crippen LogP contribution is 2.19. The maximum absolute atomic E-state index is 12.6. The number of aryl methyl sites for hydroxylation is 2. The number of carbonyl (C=O) groups is 2. The molecule has 0 aliphatic carbocycles. The topological polar surface area (TPSA) is 100 Å². The number of ether oxygens (including phenoxy) is 1. The van der Waals surface area contributed by atoms with Crippen LogP contribution >= 0.6 is 0 Å². The molecule has 0 bridgehead atoms. The normalized spacial score (nSPS) is 20.2. The van der Waals surface area contributed by atoms with Gasteiger partial charge in [-0.25, -0.2) is 9.50 Å². The van der Waals surface area contributed by atoms with Gasteiger partial charge in [-0.2, -0.15) is 5.10 Å². The van der Waals surface area contributed by atoms with Crippen molar-refractivity contribution in [1.29, 1.82) is 0 Å². The summed E-state index contributed by atoms with van der Waals surface area (Å²) in [5.41, 5.74) is 4.22. The van der Waals surface area contributed by atoms with Gasteiger partial charge in [0.1, 0.15) is 0 Å². The standard InChI is InChI=1S/C19H27N5O2.CH2O2/c1-14-10-15(2)24-18(21-14)17(11-20-24)12-22-5-3-6-23(8-7-22)19(25)16-4-9-26-13-16;2-1-3/h10-11,16H,3-9,12-13H2,1-2H3;1H,(H,2,3). The van der Waals surface area contributed by atoms with Gasteiger partial charge in [0.2, 0.25) is 5.91 Å². The molecule has 29 heavy (non-hydrogen) atoms. The second-order valence-electron chi connectivity index (χ2n) is 7.57. The van der Waals surface area contributed by atoms with Crippen LogP contribution in [0.15, 0.2) is 12.3 Å². The van der Waals surface area contributed by atoms with E-state index in [1.54, 1.807) is 0 Å². The van der Waals surface area contributed by atoms with E-state index in [9.17, 15) is 4.79 Å². The largest absolute Gasteiger partial charge is 0.483 e. The van der Waals surface area contributed by atoms with Crippen molar-refractivity contribution in [3.63, 3.8) is 0 Å². The van der Waals surface area contributed by atoms with Gasteiger partial charge in [-0.05, 0) is 32.8 Å². The van der Waals surface area contributed by atoms with E-state index in [4.69, 9.17) is 14.6 Å². The maximum atomic E-state index is 12.6. The first-order valence-electron chi connectivity index (χ1n) is 10.0. The third kappa shape index (κ3) is 5.10. The van der Waals surface area contributed by atoms with Crippen molar-refractivity contribution in [3.05, 3.63) is 29.2 Å². The second-order valence-corrected chi connectivity index (χ2v) is 7.57. The summed E-state index contributed by atoms with van der Waals surface area (Å²) in [5.74, 6) is 0.338. The molecular weight excluding hydrogens is 374 g/mol. The summed E-state index contributed by atoms with van der Waals surface area (Å²) in [6.45, 7) is 9.48. The highest BCUT2D eigenvalue weighted by molar-refractivity contribution is 5.79. The second kappa shape index (κ2) is 9.80. The summed E-state index contributed by atoms with van der Waals surface area (Å²) in [6, 6.07) is 2.05. The predicted octanol–water partition coefficient (Wildman–Crippen LogP) is 1.12. The molecule has 4 heterocycles. The number of aromatic nitrogens is 3. The maximum Gasteiger partial charge on any atom is 0.290 e. The number of carboxylic acid groups (broad SMARTS) is 1. The van der Waals surface area contributed by atoms with Gasteiger partial charge in [0, 0.05) is 56.3 Å². The molecule has 1 unspecified atom stereocenters. The molecule has 2 saturated heterocycles. The monoisotopic (exact) mass is 403 g/mol. The van der Waals surface area contributed by atoms with E-state index in [1.807, 2.05) is 28.6 Å². The number of hydrogen-bond acceptors (Lipinski definition) is 6. The van der Waals surface area contributed by atoms with E-state index in [1.165, 1.54) is 0 Å². The van der Waals surface area contributed by atoms with Crippen LogP contribution in [-0.2, 0) is 20.9 Å². The zero-order valence-corrected chi connectivity index (χ0v) is 17.1. The summed E-state index contributed by atoms with van der Waals surface area (Å²) < 4.78 is 7.29. The van der Waals surface area contributed by atoms with E-state index < -0.39 is 0 Å². The highest BCUT2D eigenvalue weighted by atomic mass is 16.5. The van der Waals surface area contributed by atoms with Crippen molar-refractivity contribution in [3.8, 4) is 0 Å². The molecule has 1 N–H and O–H groups in total. The van der Waals surface area contributed by atoms with Crippen LogP contribution in [0.25, 0.3) is 5.65 Å². The number of amides is 1. The predicted molar refractivity (Wildman–Crippen MR) is 107 cm³/mol. The van der Waals surface area contributed by atoms with E-state index in [0.29, 0.717) is 6.61 Å². The van der Waals surface area contributed by atoms with E-state index in [0.717, 1.165) is 74.8 Å². The Morgan fingerprint density at radius 2 is 2.10 bits per heavy atom. The number of hydrogen-bond donors (Lipinski definition) is 1. The van der Waals surface area contributed by atoms with Crippen LogP contribution in [0.3, 0.4) is 0 Å². The van der Waals surface area contributed by atoms with Gasteiger partial charge in [0.05, 0.1) is 18.7 Å². The minimum Gasteiger partial charge on any atom is -0.483 e. The molecule has 2 fully saturated rings. The fourth-order valence-electron chi connectivity index (χ4n) is 4.01. The van der Waals surface area contributed by atoms with Gasteiger partial charge in [-0.15, -0.1) is 0 Å². The lowest BCUT2D eigenvalue weighted by atomic mass is 10.1. The van der Waals surface area contributed by atoms with Crippen molar-refractivity contribution >= 4 is 18.0 Å². The Hall–Kier alpha value is -2.52. The average Bonchev–Trinajstić information content (AvgIpc) is 3.29. The lowest BCUT2D eigenvalue weighted by Gasteiger charge is -2.24. The molecule has 2 aliphatic heterocycles. The molecule has 1 atom stereocenters. The first kappa shape index (κ1) is 21.2. The van der Waals surface area contributed by atoms with Crippen molar-refractivity contribution in [2.24, 2.45) is 5.92 Å². The zero-order valence-electron chi connectivity index (χ0n) is 17.1. The smallest absolute Gasteiger partial charge is 0.290 e. The van der Waals surface area contributed by atoms with E-state index >= 15 is 0 Å². The summed E-state index contributed by atoms with van der Waals surface area (Å²) in [7, 11) is 0. The number of carbonyl (C=O) groups excluding carboxylic acids is 1. The van der Waals surface area contributed by atoms with Crippen LogP contribution < -0.4 is 0 Å². The summed E-state index contributed by atoms with van der Waals surface area (Å²) in [5, 5.41) is 11.4. The first-order valence-corrected chi connectivity index (χ1v) is 10.0. The third-order valence-corrected chi connectivity index (χ3v) is 5.42. The van der Waals surface area contributed by atoms with Crippen LogP contribution in [0.2, 0.25) is 0 Å². The minimum absolute atomic E-state index is 0.0660. The van der Waals surface area contributed by atoms with Crippen molar-refractivity contribution in [1.82, 2.24) is 24.4 Å². The van der Waals surface area contributed by atoms with Gasteiger partial charge in [0.25, 0.3) is 6.47 Å². The summed E-state index contributed by atoms with van der Waals surface area (Å²) in [6.07, 6.45) is 3.80. The summed E-state index contributed by atoms with van der Waals surface area (Å²) >= 11 is 0. The molecule has 9 heteroatoms. The van der Waals surface area contributed by atoms with Crippen LogP contribution in [0, 0.1) is 19.8 Å². The Labute approximate surface area is 170 Å². The van der Waals surface area contributed by atoms with Gasteiger partial charge in [-0.1, -0.05) is 0 Å². The minimum atomic E-state index is -0.250. The van der Waals surface area contributed by atoms with Crippen LogP contribution in [0.5, 0.6) is 0 Å². The molecule has 9 nitrogen and oxygen atoms in total. The van der Waals surface area contributed by atoms with Crippen LogP contribution in [-0.4, -0.2) is 81.3 Å². The van der Waals surface area contributed by atoms with Gasteiger partial charge in [0.15, 0.2) is 5.65 Å². The lowest BCUT2D eigenvalue weighted by molar-refractivity contribution is -0.135. The molecule has 2 aromatic heterocycles. The Bertz CT molecular complexity index is 847. The van der Waals surface area contributed by atoms with Crippen molar-refractivity contribution in [2.45, 2.75) is 33.2 Å². The molecule has 1 amide bonds. The Balaban J connectivity index is 0.000000755. The SMILES string of the molecule is Cc1cc(C)n2ncc(CN3CCCN(C(=O)C4CCOC4)CC3)c2n1.O=CO. The molecule has 158 valence electrons. The molecular formula is C20H29N5O4. The Morgan fingerprint density at radius 1 is 1.31 bits per heavy atom. The van der Waals surface area contributed by atoms with Gasteiger partial charge in [-0.3, -0.25) is 14.5 Å². The first-order chi connectivity index (χ1) is 14.0. The summed E-state index contributed by atoms with van der Waals surface area (Å²) in [4.78, 5) is 30.1. The zero-order chi connectivity index (χ0) is 20.8. The molecule has 2 aromatic rings. The fourth-order valence-corrected chi connectivity index (χ4v) is 4.01. The number of rotatable bonds is 3. The Kier molecular flexibility index (Phi) is 7.16. The van der Waals surface area contributed by atoms with E-state index in [-0.39, 0.29) is 18.3 Å². The van der Waals surface area contributed by atoms with Gasteiger partial charge < -0.3 is 14.7 Å². The Morgan fingerprint density at radius 3 is 2.83 bits per heavy atom. The molecule has 4 rings (SSSR count). The van der Waals surface area contributed by atoms with Crippen LogP contribution in [0.4, 0.5) is 0 Å².